The van der Waals surface area contributed by atoms with Crippen LogP contribution in [-0.2, 0) is 6.54 Å². The molecule has 18 heavy (non-hydrogen) atoms. The summed E-state index contributed by atoms with van der Waals surface area (Å²) in [6.07, 6.45) is 9.47. The highest BCUT2D eigenvalue weighted by Gasteiger charge is 2.36. The van der Waals surface area contributed by atoms with E-state index in [1.165, 1.54) is 51.9 Å². The van der Waals surface area contributed by atoms with Gasteiger partial charge >= 0.3 is 0 Å². The van der Waals surface area contributed by atoms with Crippen molar-refractivity contribution in [2.45, 2.75) is 32.2 Å². The average molecular weight is 248 g/mol. The Labute approximate surface area is 109 Å². The van der Waals surface area contributed by atoms with Crippen LogP contribution in [-0.4, -0.2) is 47.4 Å². The maximum Gasteiger partial charge on any atom is 0.0536 e. The quantitative estimate of drug-likeness (QED) is 0.876. The van der Waals surface area contributed by atoms with Crippen molar-refractivity contribution in [3.63, 3.8) is 0 Å². The molecule has 2 aliphatic heterocycles. The van der Waals surface area contributed by atoms with Gasteiger partial charge in [-0.15, -0.1) is 0 Å². The molecule has 4 nitrogen and oxygen atoms in total. The number of likely N-dealkylation sites (tertiary alicyclic amines) is 1. The Hall–Kier alpha value is -0.870. The normalized spacial score (nSPS) is 29.8. The summed E-state index contributed by atoms with van der Waals surface area (Å²) in [4.78, 5) is 2.64. The van der Waals surface area contributed by atoms with Crippen molar-refractivity contribution in [3.8, 4) is 0 Å². The Kier molecular flexibility index (Phi) is 3.66. The van der Waals surface area contributed by atoms with Crippen molar-refractivity contribution in [1.82, 2.24) is 20.0 Å². The van der Waals surface area contributed by atoms with E-state index in [-0.39, 0.29) is 0 Å². The minimum atomic E-state index is 0.570. The molecule has 1 atom stereocenters. The first-order valence-electron chi connectivity index (χ1n) is 7.27. The second-order valence-corrected chi connectivity index (χ2v) is 5.93. The summed E-state index contributed by atoms with van der Waals surface area (Å²) in [5, 5.41) is 7.87. The Morgan fingerprint density at radius 2 is 2.17 bits per heavy atom. The number of hydrogen-bond donors (Lipinski definition) is 1. The lowest BCUT2D eigenvalue weighted by Crippen LogP contribution is -2.51. The van der Waals surface area contributed by atoms with Crippen LogP contribution < -0.4 is 5.32 Å². The third kappa shape index (κ3) is 2.75. The first-order valence-corrected chi connectivity index (χ1v) is 7.27. The zero-order valence-electron chi connectivity index (χ0n) is 11.1. The van der Waals surface area contributed by atoms with Crippen LogP contribution >= 0.6 is 0 Å². The molecular weight excluding hydrogens is 224 g/mol. The van der Waals surface area contributed by atoms with E-state index in [0.29, 0.717) is 5.41 Å². The van der Waals surface area contributed by atoms with Crippen molar-refractivity contribution in [1.29, 1.82) is 0 Å². The summed E-state index contributed by atoms with van der Waals surface area (Å²) < 4.78 is 2.04. The van der Waals surface area contributed by atoms with Crippen molar-refractivity contribution in [2.75, 3.05) is 32.7 Å². The molecule has 0 aliphatic carbocycles. The maximum atomic E-state index is 4.28. The van der Waals surface area contributed by atoms with Gasteiger partial charge in [0.2, 0.25) is 0 Å². The fraction of sp³-hybridized carbons (Fsp3) is 0.786. The van der Waals surface area contributed by atoms with Gasteiger partial charge in [-0.3, -0.25) is 4.68 Å². The highest BCUT2D eigenvalue weighted by Crippen LogP contribution is 2.35. The van der Waals surface area contributed by atoms with Crippen LogP contribution in [0.4, 0.5) is 0 Å². The van der Waals surface area contributed by atoms with Gasteiger partial charge in [0, 0.05) is 32.0 Å². The summed E-state index contributed by atoms with van der Waals surface area (Å²) in [5.74, 6) is 0. The molecule has 0 bridgehead atoms. The van der Waals surface area contributed by atoms with Crippen LogP contribution in [0.1, 0.15) is 25.7 Å². The van der Waals surface area contributed by atoms with Gasteiger partial charge in [0.15, 0.2) is 0 Å². The van der Waals surface area contributed by atoms with Gasteiger partial charge in [0.05, 0.1) is 6.54 Å². The van der Waals surface area contributed by atoms with E-state index in [0.717, 1.165) is 13.1 Å². The number of hydrogen-bond acceptors (Lipinski definition) is 3. The fourth-order valence-electron chi connectivity index (χ4n) is 3.56. The molecule has 3 rings (SSSR count). The number of nitrogens with zero attached hydrogens (tertiary/aromatic N) is 3. The molecule has 0 amide bonds. The van der Waals surface area contributed by atoms with Crippen LogP contribution in [0.25, 0.3) is 0 Å². The lowest BCUT2D eigenvalue weighted by atomic mass is 9.74. The van der Waals surface area contributed by atoms with Gasteiger partial charge in [0.25, 0.3) is 0 Å². The van der Waals surface area contributed by atoms with Gasteiger partial charge < -0.3 is 10.2 Å². The summed E-state index contributed by atoms with van der Waals surface area (Å²) in [7, 11) is 0. The van der Waals surface area contributed by atoms with Gasteiger partial charge in [-0.25, -0.2) is 0 Å². The average Bonchev–Trinajstić information content (AvgIpc) is 2.91. The summed E-state index contributed by atoms with van der Waals surface area (Å²) in [6, 6.07) is 2.00. The molecule has 3 heterocycles. The predicted molar refractivity (Wildman–Crippen MR) is 72.4 cm³/mol. The third-order valence-corrected chi connectivity index (χ3v) is 4.51. The third-order valence-electron chi connectivity index (χ3n) is 4.51. The van der Waals surface area contributed by atoms with Crippen LogP contribution in [0.2, 0.25) is 0 Å². The van der Waals surface area contributed by atoms with Crippen molar-refractivity contribution in [3.05, 3.63) is 18.5 Å². The first-order chi connectivity index (χ1) is 8.86. The van der Waals surface area contributed by atoms with Crippen LogP contribution in [0.5, 0.6) is 0 Å². The van der Waals surface area contributed by atoms with Crippen LogP contribution in [0.3, 0.4) is 0 Å². The summed E-state index contributed by atoms with van der Waals surface area (Å²) in [5.41, 5.74) is 0.570. The minimum Gasteiger partial charge on any atom is -0.316 e. The first kappa shape index (κ1) is 12.2. The molecule has 100 valence electrons. The largest absolute Gasteiger partial charge is 0.316 e. The second-order valence-electron chi connectivity index (χ2n) is 5.93. The maximum absolute atomic E-state index is 4.28. The Morgan fingerprint density at radius 1 is 1.22 bits per heavy atom. The van der Waals surface area contributed by atoms with Crippen LogP contribution in [0.15, 0.2) is 18.5 Å². The van der Waals surface area contributed by atoms with Crippen LogP contribution in [0, 0.1) is 5.41 Å². The summed E-state index contributed by atoms with van der Waals surface area (Å²) in [6.45, 7) is 7.16. The van der Waals surface area contributed by atoms with Gasteiger partial charge in [-0.2, -0.15) is 5.10 Å². The van der Waals surface area contributed by atoms with E-state index in [4.69, 9.17) is 0 Å². The van der Waals surface area contributed by atoms with Gasteiger partial charge in [-0.05, 0) is 50.3 Å². The lowest BCUT2D eigenvalue weighted by Gasteiger charge is -2.45. The lowest BCUT2D eigenvalue weighted by molar-refractivity contribution is 0.0620. The second kappa shape index (κ2) is 5.41. The molecule has 1 unspecified atom stereocenters. The smallest absolute Gasteiger partial charge is 0.0536 e. The number of piperidine rings is 2. The minimum absolute atomic E-state index is 0.570. The molecule has 0 aromatic carbocycles. The number of nitrogens with one attached hydrogen (secondary N) is 1. The fourth-order valence-corrected chi connectivity index (χ4v) is 3.56. The SMILES string of the molecule is c1cnn(CCN2CCCC3(CCCNC3)C2)c1. The van der Waals surface area contributed by atoms with Crippen molar-refractivity contribution in [2.24, 2.45) is 5.41 Å². The zero-order valence-corrected chi connectivity index (χ0v) is 11.1. The van der Waals surface area contributed by atoms with E-state index >= 15 is 0 Å². The highest BCUT2D eigenvalue weighted by atomic mass is 15.3. The molecule has 1 spiro atoms. The monoisotopic (exact) mass is 248 g/mol. The summed E-state index contributed by atoms with van der Waals surface area (Å²) >= 11 is 0. The molecule has 2 fully saturated rings. The molecule has 4 heteroatoms. The van der Waals surface area contributed by atoms with E-state index in [1.807, 2.05) is 16.9 Å². The molecule has 0 radical (unpaired) electrons. The van der Waals surface area contributed by atoms with E-state index < -0.39 is 0 Å². The molecule has 1 aromatic rings. The standard InChI is InChI=1S/C14H24N4/c1-4-14(12-15-6-1)5-2-8-17(13-14)10-11-18-9-3-7-16-18/h3,7,9,15H,1-2,4-6,8,10-13H2. The molecule has 1 aromatic heterocycles. The topological polar surface area (TPSA) is 33.1 Å². The predicted octanol–water partition coefficient (Wildman–Crippen LogP) is 1.35. The Balaban J connectivity index is 1.53. The molecule has 2 aliphatic rings. The number of aromatic nitrogens is 2. The van der Waals surface area contributed by atoms with E-state index in [2.05, 4.69) is 21.5 Å². The van der Waals surface area contributed by atoms with Crippen molar-refractivity contribution >= 4 is 0 Å². The molecule has 1 N–H and O–H groups in total. The Morgan fingerprint density at radius 3 is 2.94 bits per heavy atom. The van der Waals surface area contributed by atoms with Crippen molar-refractivity contribution < 1.29 is 0 Å². The molecular formula is C14H24N4. The number of rotatable bonds is 3. The van der Waals surface area contributed by atoms with E-state index in [1.54, 1.807) is 0 Å². The van der Waals surface area contributed by atoms with Gasteiger partial charge in [0.1, 0.15) is 0 Å². The van der Waals surface area contributed by atoms with E-state index in [9.17, 15) is 0 Å². The van der Waals surface area contributed by atoms with Gasteiger partial charge in [-0.1, -0.05) is 0 Å². The zero-order chi connectivity index (χ0) is 12.3. The Bertz CT molecular complexity index is 348. The molecule has 2 saturated heterocycles. The highest BCUT2D eigenvalue weighted by molar-refractivity contribution is 4.91. The molecule has 0 saturated carbocycles.